The molecule has 0 aromatic carbocycles. The number of rotatable bonds is 6. The molecule has 2 heterocycles. The van der Waals surface area contributed by atoms with Gasteiger partial charge in [-0.1, -0.05) is 6.42 Å². The highest BCUT2D eigenvalue weighted by Gasteiger charge is 2.25. The number of hydrogen-bond acceptors (Lipinski definition) is 3. The first-order chi connectivity index (χ1) is 12.0. The van der Waals surface area contributed by atoms with Crippen molar-refractivity contribution in [2.45, 2.75) is 71.4 Å². The van der Waals surface area contributed by atoms with E-state index in [1.165, 1.54) is 25.8 Å². The van der Waals surface area contributed by atoms with Gasteiger partial charge in [-0.25, -0.2) is 0 Å². The second-order valence-corrected chi connectivity index (χ2v) is 7.75. The highest BCUT2D eigenvalue weighted by Crippen LogP contribution is 2.21. The van der Waals surface area contributed by atoms with E-state index in [9.17, 15) is 4.79 Å². The van der Waals surface area contributed by atoms with E-state index in [1.807, 2.05) is 0 Å². The second-order valence-electron chi connectivity index (χ2n) is 7.75. The summed E-state index contributed by atoms with van der Waals surface area (Å²) < 4.78 is 0. The van der Waals surface area contributed by atoms with Gasteiger partial charge >= 0.3 is 0 Å². The van der Waals surface area contributed by atoms with E-state index < -0.39 is 0 Å². The van der Waals surface area contributed by atoms with Crippen molar-refractivity contribution in [3.05, 3.63) is 0 Å². The summed E-state index contributed by atoms with van der Waals surface area (Å²) in [4.78, 5) is 21.1. The molecule has 152 valence electrons. The number of carbonyl (C=O) groups excluding carboxylic acids is 1. The van der Waals surface area contributed by atoms with Crippen molar-refractivity contribution in [1.82, 2.24) is 15.1 Å². The minimum absolute atomic E-state index is 0. The Balaban J connectivity index is 0.00000338. The molecule has 3 atom stereocenters. The molecule has 1 amide bonds. The summed E-state index contributed by atoms with van der Waals surface area (Å²) in [5, 5.41) is 3.44. The standard InChI is InChI=1S/C19H37N5O.HI/c1-4-21-19(23-10-7-9-17(14-23)12-18(20)25)22-13-16(3)24-11-6-5-8-15(24)2;/h15-17H,4-14H2,1-3H3,(H2,20,25)(H,21,22);1H. The second kappa shape index (κ2) is 12.0. The zero-order chi connectivity index (χ0) is 18.2. The topological polar surface area (TPSA) is 74.0 Å². The molecule has 2 aliphatic rings. The Morgan fingerprint density at radius 3 is 2.69 bits per heavy atom. The van der Waals surface area contributed by atoms with Gasteiger partial charge in [-0.3, -0.25) is 14.7 Å². The average molecular weight is 479 g/mol. The zero-order valence-corrected chi connectivity index (χ0v) is 19.1. The number of guanidine groups is 1. The van der Waals surface area contributed by atoms with Crippen LogP contribution in [-0.4, -0.2) is 66.5 Å². The number of aliphatic imine (C=N–C) groups is 1. The Kier molecular flexibility index (Phi) is 10.8. The van der Waals surface area contributed by atoms with Gasteiger partial charge in [0.1, 0.15) is 0 Å². The average Bonchev–Trinajstić information content (AvgIpc) is 2.58. The van der Waals surface area contributed by atoms with Gasteiger partial charge in [-0.2, -0.15) is 0 Å². The summed E-state index contributed by atoms with van der Waals surface area (Å²) in [5.41, 5.74) is 5.39. The van der Waals surface area contributed by atoms with Crippen molar-refractivity contribution < 1.29 is 4.79 Å². The molecule has 2 aliphatic heterocycles. The van der Waals surface area contributed by atoms with E-state index in [0.29, 0.717) is 24.4 Å². The van der Waals surface area contributed by atoms with E-state index >= 15 is 0 Å². The molecule has 2 rings (SSSR count). The van der Waals surface area contributed by atoms with Crippen LogP contribution in [-0.2, 0) is 4.79 Å². The lowest BCUT2D eigenvalue weighted by Crippen LogP contribution is -2.48. The van der Waals surface area contributed by atoms with Crippen LogP contribution in [0.15, 0.2) is 4.99 Å². The summed E-state index contributed by atoms with van der Waals surface area (Å²) in [6.45, 7) is 11.5. The number of hydrogen-bond donors (Lipinski definition) is 2. The molecular formula is C19H38IN5O. The molecule has 0 saturated carbocycles. The lowest BCUT2D eigenvalue weighted by atomic mass is 9.95. The number of piperidine rings is 2. The van der Waals surface area contributed by atoms with Crippen molar-refractivity contribution in [1.29, 1.82) is 0 Å². The number of nitrogens with one attached hydrogen (secondary N) is 1. The van der Waals surface area contributed by atoms with Crippen LogP contribution in [0.1, 0.15) is 59.3 Å². The molecule has 3 unspecified atom stereocenters. The molecule has 0 radical (unpaired) electrons. The van der Waals surface area contributed by atoms with Crippen LogP contribution < -0.4 is 11.1 Å². The third kappa shape index (κ3) is 7.21. The van der Waals surface area contributed by atoms with Crippen LogP contribution in [0.5, 0.6) is 0 Å². The number of likely N-dealkylation sites (tertiary alicyclic amines) is 2. The van der Waals surface area contributed by atoms with Crippen molar-refractivity contribution >= 4 is 35.8 Å². The quantitative estimate of drug-likeness (QED) is 0.349. The smallest absolute Gasteiger partial charge is 0.217 e. The first kappa shape index (κ1) is 23.5. The fraction of sp³-hybridized carbons (Fsp3) is 0.895. The number of amides is 1. The van der Waals surface area contributed by atoms with Crippen LogP contribution >= 0.6 is 24.0 Å². The molecule has 0 aliphatic carbocycles. The first-order valence-electron chi connectivity index (χ1n) is 10.1. The summed E-state index contributed by atoms with van der Waals surface area (Å²) in [5.74, 6) is 1.16. The Morgan fingerprint density at radius 2 is 2.04 bits per heavy atom. The number of nitrogens with zero attached hydrogens (tertiary/aromatic N) is 3. The van der Waals surface area contributed by atoms with Gasteiger partial charge in [0, 0.05) is 38.1 Å². The lowest BCUT2D eigenvalue weighted by Gasteiger charge is -2.38. The molecule has 2 saturated heterocycles. The fourth-order valence-corrected chi connectivity index (χ4v) is 4.23. The van der Waals surface area contributed by atoms with Crippen LogP contribution in [0.25, 0.3) is 0 Å². The maximum absolute atomic E-state index is 11.2. The summed E-state index contributed by atoms with van der Waals surface area (Å²) in [7, 11) is 0. The minimum atomic E-state index is -0.193. The van der Waals surface area contributed by atoms with Crippen LogP contribution in [0.4, 0.5) is 0 Å². The SMILES string of the molecule is CCNC(=NCC(C)N1CCCCC1C)N1CCCC(CC(N)=O)C1.I. The predicted molar refractivity (Wildman–Crippen MR) is 119 cm³/mol. The Hall–Kier alpha value is -0.570. The fourth-order valence-electron chi connectivity index (χ4n) is 4.23. The van der Waals surface area contributed by atoms with E-state index in [0.717, 1.165) is 45.0 Å². The van der Waals surface area contributed by atoms with Gasteiger partial charge in [0.2, 0.25) is 5.91 Å². The molecule has 7 heteroatoms. The maximum atomic E-state index is 11.2. The third-order valence-electron chi connectivity index (χ3n) is 5.57. The Labute approximate surface area is 176 Å². The van der Waals surface area contributed by atoms with Crippen molar-refractivity contribution in [3.8, 4) is 0 Å². The summed E-state index contributed by atoms with van der Waals surface area (Å²) >= 11 is 0. The van der Waals surface area contributed by atoms with E-state index in [2.05, 4.69) is 35.9 Å². The molecular weight excluding hydrogens is 441 g/mol. The Morgan fingerprint density at radius 1 is 1.27 bits per heavy atom. The number of primary amides is 1. The summed E-state index contributed by atoms with van der Waals surface area (Å²) in [6, 6.07) is 1.13. The van der Waals surface area contributed by atoms with Crippen LogP contribution in [0, 0.1) is 5.92 Å². The van der Waals surface area contributed by atoms with Crippen LogP contribution in [0.2, 0.25) is 0 Å². The first-order valence-corrected chi connectivity index (χ1v) is 10.1. The summed E-state index contributed by atoms with van der Waals surface area (Å²) in [6.07, 6.45) is 6.62. The Bertz CT molecular complexity index is 459. The molecule has 0 spiro atoms. The zero-order valence-electron chi connectivity index (χ0n) is 16.7. The van der Waals surface area contributed by atoms with E-state index in [4.69, 9.17) is 10.7 Å². The van der Waals surface area contributed by atoms with Gasteiger partial charge in [-0.05, 0) is 58.9 Å². The van der Waals surface area contributed by atoms with E-state index in [1.54, 1.807) is 0 Å². The van der Waals surface area contributed by atoms with Gasteiger partial charge in [-0.15, -0.1) is 24.0 Å². The van der Waals surface area contributed by atoms with Crippen molar-refractivity contribution in [2.75, 3.05) is 32.7 Å². The normalized spacial score (nSPS) is 26.1. The molecule has 6 nitrogen and oxygen atoms in total. The number of nitrogens with two attached hydrogens (primary N) is 1. The largest absolute Gasteiger partial charge is 0.370 e. The van der Waals surface area contributed by atoms with Gasteiger partial charge < -0.3 is 16.0 Å². The monoisotopic (exact) mass is 479 g/mol. The van der Waals surface area contributed by atoms with E-state index in [-0.39, 0.29) is 29.9 Å². The number of carbonyl (C=O) groups is 1. The molecule has 2 fully saturated rings. The van der Waals surface area contributed by atoms with Crippen molar-refractivity contribution in [3.63, 3.8) is 0 Å². The highest BCUT2D eigenvalue weighted by atomic mass is 127. The minimum Gasteiger partial charge on any atom is -0.370 e. The predicted octanol–water partition coefficient (Wildman–Crippen LogP) is 2.42. The molecule has 26 heavy (non-hydrogen) atoms. The van der Waals surface area contributed by atoms with Gasteiger partial charge in [0.25, 0.3) is 0 Å². The van der Waals surface area contributed by atoms with Gasteiger partial charge in [0.15, 0.2) is 5.96 Å². The molecule has 0 bridgehead atoms. The number of halogens is 1. The molecule has 3 N–H and O–H groups in total. The maximum Gasteiger partial charge on any atom is 0.217 e. The molecule has 0 aromatic rings. The van der Waals surface area contributed by atoms with Crippen molar-refractivity contribution in [2.24, 2.45) is 16.6 Å². The third-order valence-corrected chi connectivity index (χ3v) is 5.57. The lowest BCUT2D eigenvalue weighted by molar-refractivity contribution is -0.119. The van der Waals surface area contributed by atoms with Gasteiger partial charge in [0.05, 0.1) is 6.54 Å². The van der Waals surface area contributed by atoms with Crippen LogP contribution in [0.3, 0.4) is 0 Å². The highest BCUT2D eigenvalue weighted by molar-refractivity contribution is 14.0. The molecule has 0 aromatic heterocycles.